The summed E-state index contributed by atoms with van der Waals surface area (Å²) in [6.45, 7) is 0. The Morgan fingerprint density at radius 2 is 2.11 bits per heavy atom. The third-order valence-corrected chi connectivity index (χ3v) is 3.20. The van der Waals surface area contributed by atoms with Gasteiger partial charge in [0.25, 0.3) is 0 Å². The topological polar surface area (TPSA) is 51.2 Å². The van der Waals surface area contributed by atoms with Crippen molar-refractivity contribution in [1.29, 1.82) is 0 Å². The summed E-state index contributed by atoms with van der Waals surface area (Å²) >= 11 is 11.7. The van der Waals surface area contributed by atoms with Crippen LogP contribution in [0.4, 0.5) is 4.39 Å². The van der Waals surface area contributed by atoms with Crippen LogP contribution in [0.3, 0.4) is 0 Å². The summed E-state index contributed by atoms with van der Waals surface area (Å²) in [6, 6.07) is 5.73. The molecule has 6 heteroatoms. The highest BCUT2D eigenvalue weighted by Gasteiger charge is 2.18. The van der Waals surface area contributed by atoms with E-state index in [1.807, 2.05) is 0 Å². The molecule has 2 aromatic rings. The third kappa shape index (κ3) is 2.84. The highest BCUT2D eigenvalue weighted by atomic mass is 35.5. The first-order valence-electron chi connectivity index (χ1n) is 5.24. The van der Waals surface area contributed by atoms with Crippen molar-refractivity contribution in [3.63, 3.8) is 0 Å². The molecule has 3 nitrogen and oxygen atoms in total. The number of benzene rings is 1. The van der Waals surface area contributed by atoms with Crippen LogP contribution in [0, 0.1) is 5.82 Å². The van der Waals surface area contributed by atoms with Crippen LogP contribution in [-0.4, -0.2) is 0 Å². The molecule has 0 radical (unpaired) electrons. The largest absolute Gasteiger partial charge is 0.453 e. The number of nitrogens with two attached hydrogens (primary N) is 1. The quantitative estimate of drug-likeness (QED) is 0.669. The van der Waals surface area contributed by atoms with Gasteiger partial charge in [-0.05, 0) is 47.9 Å². The molecular weight excluding hydrogens is 278 g/mol. The molecule has 0 saturated carbocycles. The molecule has 18 heavy (non-hydrogen) atoms. The Kier molecular flexibility index (Phi) is 4.24. The van der Waals surface area contributed by atoms with Gasteiger partial charge >= 0.3 is 0 Å². The van der Waals surface area contributed by atoms with Gasteiger partial charge in [0.1, 0.15) is 5.82 Å². The Bertz CT molecular complexity index is 545. The first kappa shape index (κ1) is 13.4. The Morgan fingerprint density at radius 1 is 1.33 bits per heavy atom. The molecule has 0 fully saturated rings. The van der Waals surface area contributed by atoms with Crippen LogP contribution in [-0.2, 0) is 6.42 Å². The first-order chi connectivity index (χ1) is 8.61. The normalized spacial score (nSPS) is 12.7. The highest BCUT2D eigenvalue weighted by molar-refractivity contribution is 6.30. The molecule has 0 spiro atoms. The van der Waals surface area contributed by atoms with Gasteiger partial charge in [-0.1, -0.05) is 11.6 Å². The lowest BCUT2D eigenvalue weighted by Crippen LogP contribution is -2.29. The van der Waals surface area contributed by atoms with Crippen LogP contribution in [0.1, 0.15) is 17.2 Å². The molecule has 3 N–H and O–H groups in total. The molecule has 1 heterocycles. The minimum absolute atomic E-state index is 0.236. The summed E-state index contributed by atoms with van der Waals surface area (Å²) in [5.41, 5.74) is 3.73. The van der Waals surface area contributed by atoms with Crippen LogP contribution < -0.4 is 11.3 Å². The van der Waals surface area contributed by atoms with E-state index in [0.717, 1.165) is 0 Å². The molecule has 0 aliphatic carbocycles. The van der Waals surface area contributed by atoms with Crippen LogP contribution in [0.5, 0.6) is 0 Å². The Morgan fingerprint density at radius 3 is 2.72 bits per heavy atom. The van der Waals surface area contributed by atoms with Crippen molar-refractivity contribution in [2.75, 3.05) is 0 Å². The van der Waals surface area contributed by atoms with Gasteiger partial charge in [0.15, 0.2) is 5.22 Å². The fourth-order valence-electron chi connectivity index (χ4n) is 1.73. The van der Waals surface area contributed by atoms with Gasteiger partial charge in [-0.2, -0.15) is 0 Å². The van der Waals surface area contributed by atoms with Crippen molar-refractivity contribution in [3.8, 4) is 0 Å². The van der Waals surface area contributed by atoms with Gasteiger partial charge < -0.3 is 4.42 Å². The predicted molar refractivity (Wildman–Crippen MR) is 68.9 cm³/mol. The molecule has 0 saturated heterocycles. The van der Waals surface area contributed by atoms with Crippen LogP contribution >= 0.6 is 23.2 Å². The second kappa shape index (κ2) is 5.71. The number of furan rings is 1. The lowest BCUT2D eigenvalue weighted by Gasteiger charge is -2.15. The third-order valence-electron chi connectivity index (χ3n) is 2.65. The number of nitrogens with one attached hydrogen (secondary N) is 1. The molecule has 2 rings (SSSR count). The predicted octanol–water partition coefficient (Wildman–Crippen LogP) is 3.47. The van der Waals surface area contributed by atoms with Gasteiger partial charge in [0.2, 0.25) is 0 Å². The molecule has 1 aromatic carbocycles. The average Bonchev–Trinajstić information content (AvgIpc) is 2.77. The maximum atomic E-state index is 13.6. The SMILES string of the molecule is NNC(Cc1cc(Cl)ccc1F)c1ccoc1Cl. The van der Waals surface area contributed by atoms with E-state index in [9.17, 15) is 4.39 Å². The molecule has 0 bridgehead atoms. The van der Waals surface area contributed by atoms with E-state index in [1.165, 1.54) is 18.4 Å². The number of halogens is 3. The maximum Gasteiger partial charge on any atom is 0.197 e. The fourth-order valence-corrected chi connectivity index (χ4v) is 2.17. The van der Waals surface area contributed by atoms with Crippen molar-refractivity contribution < 1.29 is 8.81 Å². The molecule has 96 valence electrons. The summed E-state index contributed by atoms with van der Waals surface area (Å²) in [5, 5.41) is 0.709. The molecule has 0 aliphatic heterocycles. The monoisotopic (exact) mass is 288 g/mol. The van der Waals surface area contributed by atoms with E-state index in [2.05, 4.69) is 5.43 Å². The van der Waals surface area contributed by atoms with Crippen LogP contribution in [0.2, 0.25) is 10.2 Å². The fraction of sp³-hybridized carbons (Fsp3) is 0.167. The second-order valence-corrected chi connectivity index (χ2v) is 4.59. The minimum atomic E-state index is -0.343. The summed E-state index contributed by atoms with van der Waals surface area (Å²) in [5.74, 6) is 5.13. The van der Waals surface area contributed by atoms with E-state index >= 15 is 0 Å². The zero-order chi connectivity index (χ0) is 13.1. The Balaban J connectivity index is 2.26. The molecule has 1 aromatic heterocycles. The highest BCUT2D eigenvalue weighted by Crippen LogP contribution is 2.27. The Labute approximate surface area is 114 Å². The van der Waals surface area contributed by atoms with E-state index in [0.29, 0.717) is 22.6 Å². The Hall–Kier alpha value is -1.07. The van der Waals surface area contributed by atoms with E-state index in [1.54, 1.807) is 12.1 Å². The van der Waals surface area contributed by atoms with Crippen molar-refractivity contribution in [1.82, 2.24) is 5.43 Å². The van der Waals surface area contributed by atoms with Gasteiger partial charge in [-0.25, -0.2) is 4.39 Å². The van der Waals surface area contributed by atoms with Crippen molar-refractivity contribution >= 4 is 23.2 Å². The zero-order valence-corrected chi connectivity index (χ0v) is 10.8. The van der Waals surface area contributed by atoms with Gasteiger partial charge in [-0.15, -0.1) is 0 Å². The van der Waals surface area contributed by atoms with E-state index in [4.69, 9.17) is 33.5 Å². The standard InChI is InChI=1S/C12H11Cl2FN2O/c13-8-1-2-10(15)7(5-8)6-11(17-16)9-3-4-18-12(9)14/h1-5,11,17H,6,16H2. The van der Waals surface area contributed by atoms with Gasteiger partial charge in [0, 0.05) is 10.6 Å². The van der Waals surface area contributed by atoms with Crippen molar-refractivity contribution in [2.45, 2.75) is 12.5 Å². The lowest BCUT2D eigenvalue weighted by atomic mass is 10.0. The molecule has 1 atom stereocenters. The van der Waals surface area contributed by atoms with Gasteiger partial charge in [-0.3, -0.25) is 11.3 Å². The number of rotatable bonds is 4. The van der Waals surface area contributed by atoms with Crippen LogP contribution in [0.25, 0.3) is 0 Å². The van der Waals surface area contributed by atoms with Crippen molar-refractivity contribution in [3.05, 3.63) is 57.7 Å². The smallest absolute Gasteiger partial charge is 0.197 e. The summed E-state index contributed by atoms with van der Waals surface area (Å²) < 4.78 is 18.6. The molecule has 0 aliphatic rings. The van der Waals surface area contributed by atoms with E-state index < -0.39 is 0 Å². The molecule has 1 unspecified atom stereocenters. The summed E-state index contributed by atoms with van der Waals surface area (Å²) in [4.78, 5) is 0. The molecular formula is C12H11Cl2FN2O. The minimum Gasteiger partial charge on any atom is -0.453 e. The maximum absolute atomic E-state index is 13.6. The second-order valence-electron chi connectivity index (χ2n) is 3.81. The number of hydrogen-bond donors (Lipinski definition) is 2. The first-order valence-corrected chi connectivity index (χ1v) is 6.00. The van der Waals surface area contributed by atoms with Crippen LogP contribution in [0.15, 0.2) is 34.9 Å². The molecule has 0 amide bonds. The lowest BCUT2D eigenvalue weighted by molar-refractivity contribution is 0.514. The van der Waals surface area contributed by atoms with Crippen molar-refractivity contribution in [2.24, 2.45) is 5.84 Å². The summed E-state index contributed by atoms with van der Waals surface area (Å²) in [6.07, 6.45) is 1.78. The summed E-state index contributed by atoms with van der Waals surface area (Å²) in [7, 11) is 0. The number of hydrogen-bond acceptors (Lipinski definition) is 3. The number of hydrazine groups is 1. The average molecular weight is 289 g/mol. The zero-order valence-electron chi connectivity index (χ0n) is 9.29. The van der Waals surface area contributed by atoms with Gasteiger partial charge in [0.05, 0.1) is 12.3 Å². The van der Waals surface area contributed by atoms with E-state index in [-0.39, 0.29) is 17.1 Å².